The van der Waals surface area contributed by atoms with Gasteiger partial charge in [0.05, 0.1) is 24.5 Å². The van der Waals surface area contributed by atoms with Crippen LogP contribution >= 0.6 is 0 Å². The third kappa shape index (κ3) is 5.40. The Morgan fingerprint density at radius 3 is 2.38 bits per heavy atom. The SMILES string of the molecule is O=C(Nc1ccc(Oc2ccccc2)cc1)[C@H]1[C@H]2C=C[C@@]3(O2)[C@H]1C(=O)N(C[C@@H]1COc2ccccc2O1)[C@@H]3C(=O)NC1CCCCC1. The zero-order chi connectivity index (χ0) is 32.0. The molecule has 0 unspecified atom stereocenters. The number of nitrogens with zero attached hydrogens (tertiary/aromatic N) is 1. The number of benzene rings is 3. The second-order valence-electron chi connectivity index (χ2n) is 13.0. The summed E-state index contributed by atoms with van der Waals surface area (Å²) in [6, 6.07) is 23.0. The molecule has 242 valence electrons. The number of ether oxygens (including phenoxy) is 4. The monoisotopic (exact) mass is 635 g/mol. The summed E-state index contributed by atoms with van der Waals surface area (Å²) in [5.74, 6) is -0.00292. The number of anilines is 1. The number of carbonyl (C=O) groups is 3. The molecule has 4 heterocycles. The largest absolute Gasteiger partial charge is 0.486 e. The van der Waals surface area contributed by atoms with E-state index in [9.17, 15) is 14.4 Å². The van der Waals surface area contributed by atoms with Gasteiger partial charge in [0.2, 0.25) is 17.7 Å². The van der Waals surface area contributed by atoms with Gasteiger partial charge in [0, 0.05) is 11.7 Å². The fourth-order valence-electron chi connectivity index (χ4n) is 7.82. The Hall–Kier alpha value is -4.83. The van der Waals surface area contributed by atoms with E-state index in [0.717, 1.165) is 32.1 Å². The Kier molecular flexibility index (Phi) is 7.60. The zero-order valence-corrected chi connectivity index (χ0v) is 25.9. The highest BCUT2D eigenvalue weighted by Gasteiger charge is 2.73. The maximum absolute atomic E-state index is 14.4. The molecule has 1 spiro atoms. The number of nitrogens with one attached hydrogen (secondary N) is 2. The van der Waals surface area contributed by atoms with Gasteiger partial charge in [-0.05, 0) is 61.4 Å². The molecule has 47 heavy (non-hydrogen) atoms. The van der Waals surface area contributed by atoms with Crippen LogP contribution in [-0.2, 0) is 19.1 Å². The van der Waals surface area contributed by atoms with E-state index in [2.05, 4.69) is 10.6 Å². The Bertz CT molecular complexity index is 1690. The molecule has 10 nitrogen and oxygen atoms in total. The molecule has 8 rings (SSSR count). The third-order valence-electron chi connectivity index (χ3n) is 9.95. The van der Waals surface area contributed by atoms with Crippen LogP contribution in [0.1, 0.15) is 32.1 Å². The lowest BCUT2D eigenvalue weighted by atomic mass is 9.74. The molecule has 3 aromatic carbocycles. The van der Waals surface area contributed by atoms with Gasteiger partial charge in [0.15, 0.2) is 17.6 Å². The summed E-state index contributed by atoms with van der Waals surface area (Å²) in [5, 5.41) is 6.21. The van der Waals surface area contributed by atoms with Gasteiger partial charge < -0.3 is 34.5 Å². The molecule has 2 bridgehead atoms. The molecule has 4 aliphatic heterocycles. The lowest BCUT2D eigenvalue weighted by Crippen LogP contribution is -2.58. The Morgan fingerprint density at radius 1 is 0.872 bits per heavy atom. The minimum absolute atomic E-state index is 0.0420. The summed E-state index contributed by atoms with van der Waals surface area (Å²) in [4.78, 5) is 44.1. The van der Waals surface area contributed by atoms with Crippen LogP contribution in [0.15, 0.2) is 91.0 Å². The summed E-state index contributed by atoms with van der Waals surface area (Å²) in [5.41, 5.74) is -0.694. The van der Waals surface area contributed by atoms with Crippen molar-refractivity contribution in [1.82, 2.24) is 10.2 Å². The van der Waals surface area contributed by atoms with Gasteiger partial charge in [-0.25, -0.2) is 0 Å². The van der Waals surface area contributed by atoms with Crippen LogP contribution in [0.5, 0.6) is 23.0 Å². The van der Waals surface area contributed by atoms with Crippen LogP contribution in [0.4, 0.5) is 5.69 Å². The first-order valence-corrected chi connectivity index (χ1v) is 16.5. The minimum atomic E-state index is -1.26. The summed E-state index contributed by atoms with van der Waals surface area (Å²) in [6.07, 6.45) is 7.59. The number of amides is 3. The lowest BCUT2D eigenvalue weighted by molar-refractivity contribution is -0.143. The molecule has 3 amide bonds. The third-order valence-corrected chi connectivity index (χ3v) is 9.95. The van der Waals surface area contributed by atoms with Crippen molar-refractivity contribution in [1.29, 1.82) is 0 Å². The number of para-hydroxylation sites is 3. The molecule has 3 fully saturated rings. The van der Waals surface area contributed by atoms with Crippen molar-refractivity contribution >= 4 is 23.4 Å². The predicted molar refractivity (Wildman–Crippen MR) is 172 cm³/mol. The van der Waals surface area contributed by atoms with Crippen molar-refractivity contribution in [2.75, 3.05) is 18.5 Å². The average molecular weight is 636 g/mol. The summed E-state index contributed by atoms with van der Waals surface area (Å²) < 4.78 is 24.6. The van der Waals surface area contributed by atoms with Crippen molar-refractivity contribution in [3.63, 3.8) is 0 Å². The average Bonchev–Trinajstić information content (AvgIpc) is 3.74. The molecule has 1 saturated carbocycles. The standard InChI is InChI=1S/C37H37N3O7/c41-34(38-24-15-17-26(18-16-24)45-25-11-5-2-6-12-25)31-30-19-20-37(47-30)32(31)36(43)40(33(37)35(42)39-23-9-3-1-4-10-23)21-27-22-44-28-13-7-8-14-29(28)46-27/h2,5-8,11-20,23,27,30-33H,1,3-4,9-10,21-22H2,(H,38,41)(H,39,42)/t27-,30-,31+,32-,33-,37-/m1/s1. The van der Waals surface area contributed by atoms with E-state index in [4.69, 9.17) is 18.9 Å². The highest BCUT2D eigenvalue weighted by Crippen LogP contribution is 2.55. The van der Waals surface area contributed by atoms with E-state index in [1.54, 1.807) is 29.2 Å². The normalized spacial score (nSPS) is 29.0. The molecule has 1 aliphatic carbocycles. The molecule has 6 atom stereocenters. The fraction of sp³-hybridized carbons (Fsp3) is 0.378. The number of likely N-dealkylation sites (tertiary alicyclic amines) is 1. The van der Waals surface area contributed by atoms with Gasteiger partial charge in [0.1, 0.15) is 29.7 Å². The van der Waals surface area contributed by atoms with E-state index in [1.165, 1.54) is 0 Å². The van der Waals surface area contributed by atoms with Gasteiger partial charge in [-0.3, -0.25) is 14.4 Å². The van der Waals surface area contributed by atoms with Gasteiger partial charge in [-0.15, -0.1) is 0 Å². The molecular weight excluding hydrogens is 598 g/mol. The summed E-state index contributed by atoms with van der Waals surface area (Å²) in [7, 11) is 0. The Labute approximate surface area is 273 Å². The second kappa shape index (κ2) is 12.1. The number of fused-ring (bicyclic) bond motifs is 2. The first kappa shape index (κ1) is 29.6. The van der Waals surface area contributed by atoms with E-state index in [-0.39, 0.29) is 36.9 Å². The molecule has 0 aromatic heterocycles. The van der Waals surface area contributed by atoms with Crippen molar-refractivity contribution in [3.05, 3.63) is 91.0 Å². The van der Waals surface area contributed by atoms with Crippen LogP contribution in [0.2, 0.25) is 0 Å². The molecule has 3 aromatic rings. The van der Waals surface area contributed by atoms with Gasteiger partial charge in [0.25, 0.3) is 0 Å². The lowest BCUT2D eigenvalue weighted by Gasteiger charge is -2.36. The van der Waals surface area contributed by atoms with Crippen LogP contribution in [0, 0.1) is 11.8 Å². The first-order valence-electron chi connectivity index (χ1n) is 16.5. The molecule has 2 saturated heterocycles. The van der Waals surface area contributed by atoms with Crippen LogP contribution in [0.25, 0.3) is 0 Å². The molecular formula is C37H37N3O7. The highest BCUT2D eigenvalue weighted by molar-refractivity contribution is 6.02. The van der Waals surface area contributed by atoms with Gasteiger partial charge in [-0.1, -0.05) is 61.7 Å². The summed E-state index contributed by atoms with van der Waals surface area (Å²) >= 11 is 0. The van der Waals surface area contributed by atoms with Crippen molar-refractivity contribution in [3.8, 4) is 23.0 Å². The first-order chi connectivity index (χ1) is 23.0. The van der Waals surface area contributed by atoms with E-state index < -0.39 is 35.7 Å². The quantitative estimate of drug-likeness (QED) is 0.340. The molecule has 10 heteroatoms. The van der Waals surface area contributed by atoms with Crippen molar-refractivity contribution in [2.45, 2.75) is 62.0 Å². The van der Waals surface area contributed by atoms with Crippen molar-refractivity contribution < 1.29 is 33.3 Å². The van der Waals surface area contributed by atoms with Crippen LogP contribution < -0.4 is 24.8 Å². The number of carbonyl (C=O) groups excluding carboxylic acids is 3. The predicted octanol–water partition coefficient (Wildman–Crippen LogP) is 4.86. The fourth-order valence-corrected chi connectivity index (χ4v) is 7.82. The maximum atomic E-state index is 14.4. The number of hydrogen-bond donors (Lipinski definition) is 2. The number of rotatable bonds is 8. The molecule has 2 N–H and O–H groups in total. The smallest absolute Gasteiger partial charge is 0.246 e. The van der Waals surface area contributed by atoms with Gasteiger partial charge >= 0.3 is 0 Å². The van der Waals surface area contributed by atoms with E-state index >= 15 is 0 Å². The highest BCUT2D eigenvalue weighted by atomic mass is 16.6. The second-order valence-corrected chi connectivity index (χ2v) is 13.0. The summed E-state index contributed by atoms with van der Waals surface area (Å²) in [6.45, 7) is 0.343. The molecule has 0 radical (unpaired) electrons. The zero-order valence-electron chi connectivity index (χ0n) is 25.9. The van der Waals surface area contributed by atoms with Gasteiger partial charge in [-0.2, -0.15) is 0 Å². The Balaban J connectivity index is 1.04. The Morgan fingerprint density at radius 2 is 1.60 bits per heavy atom. The van der Waals surface area contributed by atoms with Crippen LogP contribution in [-0.4, -0.2) is 65.7 Å². The molecule has 5 aliphatic rings. The topological polar surface area (TPSA) is 115 Å². The van der Waals surface area contributed by atoms with E-state index in [1.807, 2.05) is 66.7 Å². The number of hydrogen-bond acceptors (Lipinski definition) is 7. The maximum Gasteiger partial charge on any atom is 0.246 e. The van der Waals surface area contributed by atoms with Crippen LogP contribution in [0.3, 0.4) is 0 Å². The van der Waals surface area contributed by atoms with Crippen molar-refractivity contribution in [2.24, 2.45) is 11.8 Å². The minimum Gasteiger partial charge on any atom is -0.486 e. The van der Waals surface area contributed by atoms with E-state index in [0.29, 0.717) is 28.7 Å².